The summed E-state index contributed by atoms with van der Waals surface area (Å²) in [5.74, 6) is 2.41. The Morgan fingerprint density at radius 2 is 0.750 bits per heavy atom. The molecule has 4 aliphatic carbocycles. The molecule has 0 aliphatic heterocycles. The maximum absolute atomic E-state index is 6.80. The van der Waals surface area contributed by atoms with Crippen molar-refractivity contribution in [1.29, 1.82) is 0 Å². The fourth-order valence-electron chi connectivity index (χ4n) is 9.80. The molecule has 4 fully saturated rings. The Morgan fingerprint density at radius 1 is 0.481 bits per heavy atom. The van der Waals surface area contributed by atoms with Crippen LogP contribution in [0.15, 0.2) is 46.4 Å². The maximum atomic E-state index is 6.80. The van der Waals surface area contributed by atoms with Crippen molar-refractivity contribution in [3.8, 4) is 0 Å². The van der Waals surface area contributed by atoms with Crippen LogP contribution in [0.2, 0.25) is 5.02 Å². The zero-order valence-electron chi connectivity index (χ0n) is 31.5. The number of hydrogen-bond donors (Lipinski definition) is 0. The molecule has 7 rings (SSSR count). The molecule has 1 heterocycles. The van der Waals surface area contributed by atoms with E-state index in [-0.39, 0.29) is 43.4 Å². The summed E-state index contributed by atoms with van der Waals surface area (Å²) >= 11 is 6.80. The van der Waals surface area contributed by atoms with Gasteiger partial charge in [0.05, 0.1) is 35.2 Å². The van der Waals surface area contributed by atoms with E-state index in [1.807, 2.05) is 24.6 Å². The molecule has 4 aliphatic rings. The summed E-state index contributed by atoms with van der Waals surface area (Å²) < 4.78 is 0. The van der Waals surface area contributed by atoms with E-state index in [1.165, 1.54) is 173 Å². The third-order valence-electron chi connectivity index (χ3n) is 12.3. The topological polar surface area (TPSA) is 37.6 Å². The van der Waals surface area contributed by atoms with Crippen LogP contribution in [0.3, 0.4) is 0 Å². The van der Waals surface area contributed by atoms with Crippen molar-refractivity contribution < 1.29 is 43.4 Å². The first kappa shape index (κ1) is 43.1. The van der Waals surface area contributed by atoms with Crippen LogP contribution in [0.4, 0.5) is 11.4 Å². The van der Waals surface area contributed by atoms with Crippen molar-refractivity contribution >= 4 is 35.4 Å². The molecule has 3 aromatic rings. The van der Waals surface area contributed by atoms with Crippen molar-refractivity contribution in [2.45, 2.75) is 166 Å². The van der Waals surface area contributed by atoms with E-state index in [9.17, 15) is 0 Å². The summed E-state index contributed by atoms with van der Waals surface area (Å²) in [7, 11) is 0. The summed E-state index contributed by atoms with van der Waals surface area (Å²) in [6.07, 6.45) is 30.2. The molecule has 0 bridgehead atoms. The molecule has 1 aromatic heterocycles. The molecular formula is C45H58Cl3N3V. The van der Waals surface area contributed by atoms with Crippen LogP contribution >= 0.6 is 11.6 Å². The maximum Gasteiger partial charge on any atom is 2.00 e. The van der Waals surface area contributed by atoms with Crippen molar-refractivity contribution in [3.63, 3.8) is 0 Å². The number of pyridine rings is 1. The monoisotopic (exact) mass is 796 g/mol. The van der Waals surface area contributed by atoms with Crippen LogP contribution < -0.4 is 24.8 Å². The van der Waals surface area contributed by atoms with Crippen molar-refractivity contribution in [2.75, 3.05) is 0 Å². The van der Waals surface area contributed by atoms with Crippen molar-refractivity contribution in [2.24, 2.45) is 9.98 Å². The first-order valence-electron chi connectivity index (χ1n) is 20.1. The number of aryl methyl sites for hydroxylation is 2. The molecule has 0 atom stereocenters. The quantitative estimate of drug-likeness (QED) is 0.213. The van der Waals surface area contributed by atoms with Gasteiger partial charge < -0.3 is 24.8 Å². The van der Waals surface area contributed by atoms with Gasteiger partial charge in [-0.15, -0.1) is 0 Å². The summed E-state index contributed by atoms with van der Waals surface area (Å²) in [4.78, 5) is 15.8. The Labute approximate surface area is 343 Å². The van der Waals surface area contributed by atoms with Crippen molar-refractivity contribution in [1.82, 2.24) is 4.98 Å². The minimum absolute atomic E-state index is 0. The second kappa shape index (κ2) is 20.9. The van der Waals surface area contributed by atoms with E-state index in [0.29, 0.717) is 28.7 Å². The number of halogens is 3. The first-order valence-corrected chi connectivity index (χ1v) is 20.4. The smallest absolute Gasteiger partial charge is 1.00 e. The summed E-state index contributed by atoms with van der Waals surface area (Å²) in [6, 6.07) is 13.7. The molecule has 0 amide bonds. The number of hydrogen-bond acceptors (Lipinski definition) is 3. The van der Waals surface area contributed by atoms with Crippen LogP contribution in [-0.2, 0) is 18.6 Å². The molecule has 4 saturated carbocycles. The Hall–Kier alpha value is -1.62. The van der Waals surface area contributed by atoms with Crippen LogP contribution in [0.5, 0.6) is 0 Å². The van der Waals surface area contributed by atoms with Crippen LogP contribution in [0.1, 0.15) is 197 Å². The second-order valence-corrected chi connectivity index (χ2v) is 16.5. The molecule has 52 heavy (non-hydrogen) atoms. The Bertz CT molecular complexity index is 1450. The van der Waals surface area contributed by atoms with Gasteiger partial charge in [0.15, 0.2) is 0 Å². The van der Waals surface area contributed by atoms with Gasteiger partial charge in [-0.1, -0.05) is 124 Å². The van der Waals surface area contributed by atoms with Gasteiger partial charge in [0.25, 0.3) is 0 Å². The van der Waals surface area contributed by atoms with E-state index < -0.39 is 0 Å². The SMILES string of the molecule is Cc1cc(C2CCCCC2)c(N=Cc2cc(Cl)cc(C=Nc3c(C4CCCCC4)cc(C)cc3C3CCCCC3)n2)c(C2CCCCC2)c1.[Cl-].[Cl-].[V+2]. The number of aromatic nitrogens is 1. The molecule has 0 saturated heterocycles. The largest absolute Gasteiger partial charge is 2.00 e. The molecule has 0 unspecified atom stereocenters. The summed E-state index contributed by atoms with van der Waals surface area (Å²) in [5.41, 5.74) is 12.7. The molecule has 0 spiro atoms. The molecular weight excluding hydrogens is 740 g/mol. The van der Waals surface area contributed by atoms with Gasteiger partial charge in [0.2, 0.25) is 0 Å². The summed E-state index contributed by atoms with van der Waals surface area (Å²) in [5, 5.41) is 0.686. The van der Waals surface area contributed by atoms with E-state index >= 15 is 0 Å². The standard InChI is InChI=1S/C45H58ClN3.2ClH.V/c1-31-23-40(33-15-7-3-8-16-33)44(41(24-31)34-17-9-4-10-18-34)47-29-38-27-37(46)28-39(49-38)30-48-45-42(35-19-11-5-12-20-35)25-32(2)26-43(45)36-21-13-6-14-22-36;;;/h23-30,33-36H,3-22H2,1-2H3;2*1H;/q;;;+2/p-2. The number of aliphatic imine (C=N–C) groups is 2. The predicted octanol–water partition coefficient (Wildman–Crippen LogP) is 8.05. The number of rotatable bonds is 8. The first-order chi connectivity index (χ1) is 24.0. The Kier molecular flexibility index (Phi) is 17.3. The third-order valence-corrected chi connectivity index (χ3v) is 12.5. The van der Waals surface area contributed by atoms with Crippen LogP contribution in [-0.4, -0.2) is 17.4 Å². The van der Waals surface area contributed by atoms with Crippen molar-refractivity contribution in [3.05, 3.63) is 86.2 Å². The van der Waals surface area contributed by atoms with Crippen LogP contribution in [0, 0.1) is 13.8 Å². The fraction of sp³-hybridized carbons (Fsp3) is 0.578. The van der Waals surface area contributed by atoms with Gasteiger partial charge in [0.1, 0.15) is 0 Å². The zero-order valence-corrected chi connectivity index (χ0v) is 35.2. The molecule has 2 aromatic carbocycles. The van der Waals surface area contributed by atoms with Gasteiger partial charge in [-0.3, -0.25) is 9.98 Å². The second-order valence-electron chi connectivity index (χ2n) is 16.1. The predicted molar refractivity (Wildman–Crippen MR) is 209 cm³/mol. The van der Waals surface area contributed by atoms with Gasteiger partial charge >= 0.3 is 18.6 Å². The normalized spacial score (nSPS) is 19.7. The molecule has 0 N–H and O–H groups in total. The van der Waals surface area contributed by atoms with Gasteiger partial charge in [0, 0.05) is 5.02 Å². The van der Waals surface area contributed by atoms with Gasteiger partial charge in [-0.25, -0.2) is 4.98 Å². The zero-order chi connectivity index (χ0) is 33.6. The minimum atomic E-state index is 0. The van der Waals surface area contributed by atoms with E-state index in [1.54, 1.807) is 0 Å². The van der Waals surface area contributed by atoms with E-state index in [0.717, 1.165) is 11.4 Å². The van der Waals surface area contributed by atoms with Gasteiger partial charge in [-0.2, -0.15) is 0 Å². The van der Waals surface area contributed by atoms with Crippen LogP contribution in [0.25, 0.3) is 0 Å². The average Bonchev–Trinajstić information content (AvgIpc) is 3.14. The minimum Gasteiger partial charge on any atom is -1.00 e. The number of nitrogens with zero attached hydrogens (tertiary/aromatic N) is 3. The number of benzene rings is 2. The molecule has 279 valence electrons. The summed E-state index contributed by atoms with van der Waals surface area (Å²) in [6.45, 7) is 4.56. The molecule has 7 heteroatoms. The van der Waals surface area contributed by atoms with E-state index in [2.05, 4.69) is 38.1 Å². The fourth-order valence-corrected chi connectivity index (χ4v) is 10.0. The Morgan fingerprint density at radius 3 is 1.02 bits per heavy atom. The molecule has 1 radical (unpaired) electrons. The molecule has 3 nitrogen and oxygen atoms in total. The third kappa shape index (κ3) is 10.8. The van der Waals surface area contributed by atoms with E-state index in [4.69, 9.17) is 26.6 Å². The Balaban J connectivity index is 0.00000202. The average molecular weight is 798 g/mol. The van der Waals surface area contributed by atoms with Gasteiger partial charge in [-0.05, 0) is 123 Å².